The van der Waals surface area contributed by atoms with E-state index >= 15 is 0 Å². The molecule has 0 radical (unpaired) electrons. The number of carbonyl (C=O) groups excluding carboxylic acids is 2. The van der Waals surface area contributed by atoms with E-state index < -0.39 is 17.7 Å². The van der Waals surface area contributed by atoms with Crippen molar-refractivity contribution in [3.05, 3.63) is 78.1 Å². The molecule has 3 rings (SSSR count). The number of likely N-dealkylation sites (tertiary alicyclic amines) is 1. The molecule has 1 amide bonds. The molecule has 1 N–H and O–H groups in total. The maximum Gasteiger partial charge on any atom is 0.295 e. The fraction of sp³-hybridized carbons (Fsp3) is 0.261. The summed E-state index contributed by atoms with van der Waals surface area (Å²) in [5.41, 5.74) is 1.23. The van der Waals surface area contributed by atoms with Crippen molar-refractivity contribution in [3.63, 3.8) is 0 Å². The molecule has 150 valence electrons. The zero-order valence-electron chi connectivity index (χ0n) is 16.4. The first-order chi connectivity index (χ1) is 14.1. The van der Waals surface area contributed by atoms with E-state index in [0.717, 1.165) is 12.8 Å². The minimum atomic E-state index is -0.683. The maximum atomic E-state index is 12.9. The van der Waals surface area contributed by atoms with Gasteiger partial charge in [-0.3, -0.25) is 14.6 Å². The summed E-state index contributed by atoms with van der Waals surface area (Å²) in [5.74, 6) is -0.881. The number of Topliss-reactive ketones (excluding diaryl/α,β-unsaturated/α-hetero) is 1. The Balaban J connectivity index is 2.12. The molecule has 0 spiro atoms. The van der Waals surface area contributed by atoms with Crippen molar-refractivity contribution in [3.8, 4) is 5.75 Å². The highest BCUT2D eigenvalue weighted by Crippen LogP contribution is 2.40. The number of rotatable bonds is 8. The molecule has 0 bridgehead atoms. The van der Waals surface area contributed by atoms with Gasteiger partial charge in [0.05, 0.1) is 11.6 Å². The van der Waals surface area contributed by atoms with Crippen molar-refractivity contribution in [2.45, 2.75) is 25.8 Å². The van der Waals surface area contributed by atoms with Gasteiger partial charge in [-0.25, -0.2) is 0 Å². The Morgan fingerprint density at radius 3 is 2.72 bits per heavy atom. The quantitative estimate of drug-likeness (QED) is 0.319. The molecule has 1 unspecified atom stereocenters. The number of benzene rings is 1. The monoisotopic (exact) mass is 392 g/mol. The van der Waals surface area contributed by atoms with Crippen LogP contribution >= 0.6 is 0 Å². The summed E-state index contributed by atoms with van der Waals surface area (Å²) in [6.07, 6.45) is 6.33. The second-order valence-electron chi connectivity index (χ2n) is 6.75. The predicted octanol–water partition coefficient (Wildman–Crippen LogP) is 3.87. The third kappa shape index (κ3) is 4.21. The van der Waals surface area contributed by atoms with Crippen LogP contribution in [0.15, 0.2) is 67.0 Å². The van der Waals surface area contributed by atoms with Crippen molar-refractivity contribution in [2.75, 3.05) is 13.2 Å². The average molecular weight is 392 g/mol. The number of hydrogen-bond acceptors (Lipinski definition) is 5. The Bertz CT molecular complexity index is 937. The lowest BCUT2D eigenvalue weighted by atomic mass is 9.95. The van der Waals surface area contributed by atoms with Gasteiger partial charge >= 0.3 is 0 Å². The summed E-state index contributed by atoms with van der Waals surface area (Å²) < 4.78 is 5.61. The van der Waals surface area contributed by atoms with Gasteiger partial charge in [-0.1, -0.05) is 38.1 Å². The molecule has 1 aromatic carbocycles. The fourth-order valence-electron chi connectivity index (χ4n) is 3.38. The molecular weight excluding hydrogens is 368 g/mol. The lowest BCUT2D eigenvalue weighted by Crippen LogP contribution is -2.30. The van der Waals surface area contributed by atoms with Gasteiger partial charge < -0.3 is 14.7 Å². The molecule has 1 aliphatic heterocycles. The van der Waals surface area contributed by atoms with Crippen LogP contribution in [-0.4, -0.2) is 39.8 Å². The SMILES string of the molecule is C=CCOc1cccc(C2/C(=C(/O)c3ccncc3)C(=O)C(=O)N2CCCC)c1. The number of aliphatic hydroxyl groups is 1. The van der Waals surface area contributed by atoms with E-state index in [1.165, 1.54) is 17.3 Å². The third-order valence-electron chi connectivity index (χ3n) is 4.79. The number of hydrogen-bond donors (Lipinski definition) is 1. The predicted molar refractivity (Wildman–Crippen MR) is 110 cm³/mol. The highest BCUT2D eigenvalue weighted by atomic mass is 16.5. The number of amides is 1. The average Bonchev–Trinajstić information content (AvgIpc) is 3.01. The summed E-state index contributed by atoms with van der Waals surface area (Å²) in [6.45, 7) is 6.43. The van der Waals surface area contributed by atoms with Gasteiger partial charge in [0.15, 0.2) is 0 Å². The third-order valence-corrected chi connectivity index (χ3v) is 4.79. The van der Waals surface area contributed by atoms with Crippen molar-refractivity contribution < 1.29 is 19.4 Å². The van der Waals surface area contributed by atoms with E-state index in [2.05, 4.69) is 11.6 Å². The standard InChI is InChI=1S/C23H24N2O4/c1-3-5-13-25-20(17-7-6-8-18(15-17)29-14-4-2)19(22(27)23(25)28)21(26)16-9-11-24-12-10-16/h4,6-12,15,20,26H,2-3,5,13-14H2,1H3/b21-19-. The van der Waals surface area contributed by atoms with Crippen molar-refractivity contribution >= 4 is 17.4 Å². The van der Waals surface area contributed by atoms with Crippen LogP contribution in [0.2, 0.25) is 0 Å². The van der Waals surface area contributed by atoms with Crippen molar-refractivity contribution in [2.24, 2.45) is 0 Å². The Labute approximate surface area is 170 Å². The van der Waals surface area contributed by atoms with Crippen LogP contribution in [0.1, 0.15) is 36.9 Å². The molecule has 0 aliphatic carbocycles. The van der Waals surface area contributed by atoms with Crippen molar-refractivity contribution in [1.29, 1.82) is 0 Å². The van der Waals surface area contributed by atoms with E-state index in [9.17, 15) is 14.7 Å². The van der Waals surface area contributed by atoms with Gasteiger partial charge in [0.2, 0.25) is 0 Å². The Kier molecular flexibility index (Phi) is 6.44. The molecule has 1 atom stereocenters. The summed E-state index contributed by atoms with van der Waals surface area (Å²) in [5, 5.41) is 10.9. The number of pyridine rings is 1. The second-order valence-corrected chi connectivity index (χ2v) is 6.75. The van der Waals surface area contributed by atoms with Gasteiger partial charge in [0, 0.05) is 24.5 Å². The number of nitrogens with zero attached hydrogens (tertiary/aromatic N) is 2. The highest BCUT2D eigenvalue weighted by Gasteiger charge is 2.45. The largest absolute Gasteiger partial charge is 0.507 e. The smallest absolute Gasteiger partial charge is 0.295 e. The molecule has 0 saturated carbocycles. The van der Waals surface area contributed by atoms with E-state index in [4.69, 9.17) is 4.74 Å². The highest BCUT2D eigenvalue weighted by molar-refractivity contribution is 6.46. The minimum absolute atomic E-state index is 0.0816. The molecule has 29 heavy (non-hydrogen) atoms. The summed E-state index contributed by atoms with van der Waals surface area (Å²) in [7, 11) is 0. The lowest BCUT2D eigenvalue weighted by Gasteiger charge is -2.25. The minimum Gasteiger partial charge on any atom is -0.507 e. The molecule has 1 aromatic heterocycles. The first-order valence-electron chi connectivity index (χ1n) is 9.61. The van der Waals surface area contributed by atoms with E-state index in [1.54, 1.807) is 36.4 Å². The van der Waals surface area contributed by atoms with Gasteiger partial charge in [-0.15, -0.1) is 0 Å². The molecule has 2 aromatic rings. The normalized spacial score (nSPS) is 18.1. The molecule has 1 saturated heterocycles. The topological polar surface area (TPSA) is 79.7 Å². The van der Waals surface area contributed by atoms with E-state index in [1.807, 2.05) is 13.0 Å². The zero-order chi connectivity index (χ0) is 20.8. The van der Waals surface area contributed by atoms with E-state index in [-0.39, 0.29) is 11.3 Å². The zero-order valence-corrected chi connectivity index (χ0v) is 16.4. The fourth-order valence-corrected chi connectivity index (χ4v) is 3.38. The number of aliphatic hydroxyl groups excluding tert-OH is 1. The maximum absolute atomic E-state index is 12.9. The molecular formula is C23H24N2O4. The second kappa shape index (κ2) is 9.19. The van der Waals surface area contributed by atoms with Gasteiger partial charge in [0.1, 0.15) is 18.1 Å². The summed E-state index contributed by atoms with van der Waals surface area (Å²) in [6, 6.07) is 9.76. The number of carbonyl (C=O) groups is 2. The van der Waals surface area contributed by atoms with Gasteiger partial charge in [0.25, 0.3) is 11.7 Å². The lowest BCUT2D eigenvalue weighted by molar-refractivity contribution is -0.139. The van der Waals surface area contributed by atoms with E-state index in [0.29, 0.717) is 30.0 Å². The van der Waals surface area contributed by atoms with Crippen LogP contribution in [0.25, 0.3) is 5.76 Å². The Morgan fingerprint density at radius 1 is 1.28 bits per heavy atom. The Hall–Kier alpha value is -3.41. The van der Waals surface area contributed by atoms with Crippen LogP contribution in [0, 0.1) is 0 Å². The number of ketones is 1. The Morgan fingerprint density at radius 2 is 2.03 bits per heavy atom. The van der Waals surface area contributed by atoms with Crippen LogP contribution in [0.3, 0.4) is 0 Å². The van der Waals surface area contributed by atoms with Crippen molar-refractivity contribution in [1.82, 2.24) is 9.88 Å². The number of aromatic nitrogens is 1. The van der Waals surface area contributed by atoms with Gasteiger partial charge in [-0.2, -0.15) is 0 Å². The molecule has 1 aliphatic rings. The summed E-state index contributed by atoms with van der Waals surface area (Å²) in [4.78, 5) is 31.1. The first kappa shape index (κ1) is 20.3. The number of ether oxygens (including phenoxy) is 1. The van der Waals surface area contributed by atoms with Crippen LogP contribution in [0.4, 0.5) is 0 Å². The molecule has 2 heterocycles. The number of unbranched alkanes of at least 4 members (excludes halogenated alkanes) is 1. The molecule has 1 fully saturated rings. The van der Waals surface area contributed by atoms with Crippen LogP contribution in [-0.2, 0) is 9.59 Å². The van der Waals surface area contributed by atoms with Gasteiger partial charge in [-0.05, 0) is 36.2 Å². The molecule has 6 nitrogen and oxygen atoms in total. The van der Waals surface area contributed by atoms with Crippen LogP contribution in [0.5, 0.6) is 5.75 Å². The molecule has 6 heteroatoms. The van der Waals surface area contributed by atoms with Crippen LogP contribution < -0.4 is 4.74 Å². The summed E-state index contributed by atoms with van der Waals surface area (Å²) >= 11 is 0. The first-order valence-corrected chi connectivity index (χ1v) is 9.61.